The second-order valence-electron chi connectivity index (χ2n) is 2.20. The molecule has 3 nitrogen and oxygen atoms in total. The highest BCUT2D eigenvalue weighted by atomic mass is 16.3. The van der Waals surface area contributed by atoms with E-state index in [1.807, 2.05) is 33.8 Å². The average Bonchev–Trinajstić information content (AvgIpc) is 2.35. The van der Waals surface area contributed by atoms with Crippen LogP contribution in [0.3, 0.4) is 0 Å². The lowest BCUT2D eigenvalue weighted by atomic mass is 10.3. The van der Waals surface area contributed by atoms with Crippen LogP contribution in [0.2, 0.25) is 0 Å². The number of benzene rings is 1. The molecule has 82 valence electrons. The lowest BCUT2D eigenvalue weighted by Crippen LogP contribution is -1.80. The van der Waals surface area contributed by atoms with Gasteiger partial charge in [0, 0.05) is 12.4 Å². The quantitative estimate of drug-likeness (QED) is 0.718. The van der Waals surface area contributed by atoms with Crippen LogP contribution in [-0.2, 0) is 0 Å². The molecule has 0 saturated heterocycles. The van der Waals surface area contributed by atoms with Crippen molar-refractivity contribution in [3.63, 3.8) is 0 Å². The first-order valence-electron chi connectivity index (χ1n) is 5.26. The van der Waals surface area contributed by atoms with Crippen molar-refractivity contribution in [2.75, 3.05) is 0 Å². The van der Waals surface area contributed by atoms with Crippen LogP contribution in [0.25, 0.3) is 11.0 Å². The largest absolute Gasteiger partial charge is 0.506 e. The lowest BCUT2D eigenvalue weighted by molar-refractivity contribution is 0.480. The van der Waals surface area contributed by atoms with Gasteiger partial charge >= 0.3 is 0 Å². The summed E-state index contributed by atoms with van der Waals surface area (Å²) in [6.45, 7) is 8.00. The number of phenolic OH excluding ortho intramolecular Hbond substituents is 1. The smallest absolute Gasteiger partial charge is 0.143 e. The molecule has 3 heteroatoms. The molecule has 0 unspecified atom stereocenters. The van der Waals surface area contributed by atoms with Crippen LogP contribution in [0, 0.1) is 0 Å². The van der Waals surface area contributed by atoms with E-state index in [1.54, 1.807) is 24.5 Å². The second-order valence-corrected chi connectivity index (χ2v) is 2.20. The van der Waals surface area contributed by atoms with Gasteiger partial charge in [0.1, 0.15) is 11.3 Å². The van der Waals surface area contributed by atoms with E-state index in [0.29, 0.717) is 11.0 Å². The molecule has 0 aliphatic heterocycles. The predicted molar refractivity (Wildman–Crippen MR) is 63.9 cm³/mol. The molecule has 1 heterocycles. The van der Waals surface area contributed by atoms with Crippen molar-refractivity contribution < 1.29 is 5.11 Å². The molecule has 0 fully saturated rings. The van der Waals surface area contributed by atoms with Gasteiger partial charge in [0.15, 0.2) is 0 Å². The number of hydrogen-bond donors (Lipinski definition) is 1. The molecule has 0 spiro atoms. The molecule has 0 atom stereocenters. The van der Waals surface area contributed by atoms with Crippen molar-refractivity contribution in [2.45, 2.75) is 27.7 Å². The fourth-order valence-electron chi connectivity index (χ4n) is 0.977. The summed E-state index contributed by atoms with van der Waals surface area (Å²) >= 11 is 0. The van der Waals surface area contributed by atoms with E-state index in [1.165, 1.54) is 0 Å². The Kier molecular flexibility index (Phi) is 6.89. The topological polar surface area (TPSA) is 46.0 Å². The van der Waals surface area contributed by atoms with Crippen molar-refractivity contribution in [1.82, 2.24) is 9.97 Å². The molecule has 15 heavy (non-hydrogen) atoms. The number of aromatic nitrogens is 2. The maximum absolute atomic E-state index is 9.27. The molecule has 1 aromatic heterocycles. The van der Waals surface area contributed by atoms with Crippen LogP contribution in [0.4, 0.5) is 0 Å². The summed E-state index contributed by atoms with van der Waals surface area (Å²) in [5, 5.41) is 9.27. The van der Waals surface area contributed by atoms with Crippen LogP contribution in [0.5, 0.6) is 5.75 Å². The highest BCUT2D eigenvalue weighted by molar-refractivity contribution is 5.79. The summed E-state index contributed by atoms with van der Waals surface area (Å²) in [7, 11) is 0. The molecular weight excluding hydrogens is 188 g/mol. The van der Waals surface area contributed by atoms with Gasteiger partial charge in [-0.25, -0.2) is 4.98 Å². The Balaban J connectivity index is 0.000000442. The van der Waals surface area contributed by atoms with Gasteiger partial charge in [0.2, 0.25) is 0 Å². The third-order valence-corrected chi connectivity index (χ3v) is 1.48. The fourth-order valence-corrected chi connectivity index (χ4v) is 0.977. The van der Waals surface area contributed by atoms with Gasteiger partial charge in [0.05, 0.1) is 5.52 Å². The first-order chi connectivity index (χ1) is 7.38. The molecule has 0 radical (unpaired) electrons. The minimum Gasteiger partial charge on any atom is -0.506 e. The Morgan fingerprint density at radius 2 is 1.53 bits per heavy atom. The van der Waals surface area contributed by atoms with Gasteiger partial charge in [0.25, 0.3) is 0 Å². The average molecular weight is 206 g/mol. The maximum Gasteiger partial charge on any atom is 0.143 e. The van der Waals surface area contributed by atoms with E-state index in [0.717, 1.165) is 0 Å². The van der Waals surface area contributed by atoms with Crippen LogP contribution < -0.4 is 0 Å². The number of hydrogen-bond acceptors (Lipinski definition) is 3. The molecule has 2 aromatic rings. The summed E-state index contributed by atoms with van der Waals surface area (Å²) in [6, 6.07) is 5.14. The van der Waals surface area contributed by atoms with Crippen molar-refractivity contribution in [3.8, 4) is 5.75 Å². The molecule has 0 aliphatic rings. The summed E-state index contributed by atoms with van der Waals surface area (Å²) in [4.78, 5) is 7.99. The number of fused-ring (bicyclic) bond motifs is 1. The van der Waals surface area contributed by atoms with Crippen LogP contribution in [-0.4, -0.2) is 15.1 Å². The molecule has 1 N–H and O–H groups in total. The molecule has 0 bridgehead atoms. The minimum atomic E-state index is 0.176. The highest BCUT2D eigenvalue weighted by Crippen LogP contribution is 2.18. The maximum atomic E-state index is 9.27. The Bertz CT molecular complexity index is 383. The normalized spacial score (nSPS) is 8.27. The minimum absolute atomic E-state index is 0.176. The van der Waals surface area contributed by atoms with Gasteiger partial charge in [-0.15, -0.1) is 0 Å². The van der Waals surface area contributed by atoms with E-state index in [2.05, 4.69) is 9.97 Å². The van der Waals surface area contributed by atoms with Crippen LogP contribution >= 0.6 is 0 Å². The summed E-state index contributed by atoms with van der Waals surface area (Å²) in [6.07, 6.45) is 3.16. The lowest BCUT2D eigenvalue weighted by Gasteiger charge is -1.95. The van der Waals surface area contributed by atoms with Crippen molar-refractivity contribution >= 4 is 11.0 Å². The van der Waals surface area contributed by atoms with Crippen LogP contribution in [0.15, 0.2) is 30.6 Å². The molecule has 0 aliphatic carbocycles. The van der Waals surface area contributed by atoms with Gasteiger partial charge in [-0.2, -0.15) is 0 Å². The van der Waals surface area contributed by atoms with Gasteiger partial charge in [-0.1, -0.05) is 33.8 Å². The van der Waals surface area contributed by atoms with Gasteiger partial charge in [-0.05, 0) is 12.1 Å². The Morgan fingerprint density at radius 1 is 0.933 bits per heavy atom. The molecule has 0 amide bonds. The third-order valence-electron chi connectivity index (χ3n) is 1.48. The first kappa shape index (κ1) is 13.4. The molecule has 2 rings (SSSR count). The summed E-state index contributed by atoms with van der Waals surface area (Å²) in [5.74, 6) is 0.176. The van der Waals surface area contributed by atoms with Crippen molar-refractivity contribution in [2.24, 2.45) is 0 Å². The number of nitrogens with zero attached hydrogens (tertiary/aromatic N) is 2. The van der Waals surface area contributed by atoms with Gasteiger partial charge in [-0.3, -0.25) is 4.98 Å². The van der Waals surface area contributed by atoms with Crippen molar-refractivity contribution in [1.29, 1.82) is 0 Å². The zero-order chi connectivity index (χ0) is 11.7. The van der Waals surface area contributed by atoms with E-state index >= 15 is 0 Å². The zero-order valence-corrected chi connectivity index (χ0v) is 9.73. The SMILES string of the molecule is CC.CC.Oc1cccc2nccnc12. The fraction of sp³-hybridized carbons (Fsp3) is 0.333. The van der Waals surface area contributed by atoms with E-state index in [4.69, 9.17) is 0 Å². The number of aromatic hydroxyl groups is 1. The Labute approximate surface area is 90.8 Å². The number of phenols is 1. The van der Waals surface area contributed by atoms with Crippen LogP contribution in [0.1, 0.15) is 27.7 Å². The predicted octanol–water partition coefficient (Wildman–Crippen LogP) is 3.39. The molecular formula is C12H18N2O. The number of para-hydroxylation sites is 1. The summed E-state index contributed by atoms with van der Waals surface area (Å²) < 4.78 is 0. The van der Waals surface area contributed by atoms with E-state index in [9.17, 15) is 5.11 Å². The summed E-state index contributed by atoms with van der Waals surface area (Å²) in [5.41, 5.74) is 1.27. The van der Waals surface area contributed by atoms with E-state index < -0.39 is 0 Å². The third kappa shape index (κ3) is 3.54. The number of rotatable bonds is 0. The van der Waals surface area contributed by atoms with Gasteiger partial charge < -0.3 is 5.11 Å². The Hall–Kier alpha value is -1.64. The molecule has 0 saturated carbocycles. The Morgan fingerprint density at radius 3 is 2.13 bits per heavy atom. The van der Waals surface area contributed by atoms with E-state index in [-0.39, 0.29) is 5.75 Å². The van der Waals surface area contributed by atoms with Crippen molar-refractivity contribution in [3.05, 3.63) is 30.6 Å². The highest BCUT2D eigenvalue weighted by Gasteiger charge is 1.97. The standard InChI is InChI=1S/C8H6N2O.2C2H6/c11-7-3-1-2-6-8(7)10-5-4-9-6;2*1-2/h1-5,11H;2*1-2H3. The molecule has 1 aromatic carbocycles. The zero-order valence-electron chi connectivity index (χ0n) is 9.73. The first-order valence-corrected chi connectivity index (χ1v) is 5.26. The second kappa shape index (κ2) is 7.74. The monoisotopic (exact) mass is 206 g/mol.